The Morgan fingerprint density at radius 2 is 2.03 bits per heavy atom. The highest BCUT2D eigenvalue weighted by Gasteiger charge is 2.32. The molecule has 2 atom stereocenters. The van der Waals surface area contributed by atoms with Crippen molar-refractivity contribution in [2.45, 2.75) is 51.5 Å². The Morgan fingerprint density at radius 1 is 1.15 bits per heavy atom. The molecule has 1 saturated heterocycles. The first-order valence-corrected chi connectivity index (χ1v) is 13.1. The summed E-state index contributed by atoms with van der Waals surface area (Å²) in [5.41, 5.74) is 2.96. The molecule has 1 fully saturated rings. The molecule has 0 aliphatic carbocycles. The quantitative estimate of drug-likeness (QED) is 0.300. The van der Waals surface area contributed by atoms with Crippen LogP contribution in [0.1, 0.15) is 47.2 Å². The molecule has 4 heterocycles. The molecule has 0 bridgehead atoms. The van der Waals surface area contributed by atoms with E-state index in [1.54, 1.807) is 23.1 Å². The number of aromatic nitrogens is 5. The van der Waals surface area contributed by atoms with Crippen molar-refractivity contribution < 1.29 is 13.5 Å². The van der Waals surface area contributed by atoms with Crippen molar-refractivity contribution in [1.82, 2.24) is 30.1 Å². The maximum atomic E-state index is 13.7. The van der Waals surface area contributed by atoms with Crippen LogP contribution in [0.5, 0.6) is 0 Å². The van der Waals surface area contributed by atoms with E-state index >= 15 is 0 Å². The average Bonchev–Trinajstić information content (AvgIpc) is 3.71. The number of fused-ring (bicyclic) bond motifs is 1. The first-order chi connectivity index (χ1) is 19.0. The smallest absolute Gasteiger partial charge is 0.253 e. The zero-order chi connectivity index (χ0) is 26.8. The number of halogens is 1. The molecule has 1 N–H and O–H groups in total. The minimum absolute atomic E-state index is 0.00128. The predicted molar refractivity (Wildman–Crippen MR) is 142 cm³/mol. The zero-order valence-corrected chi connectivity index (χ0v) is 21.6. The van der Waals surface area contributed by atoms with E-state index in [4.69, 9.17) is 9.15 Å². The predicted octanol–water partition coefficient (Wildman–Crippen LogP) is 4.53. The lowest BCUT2D eigenvalue weighted by molar-refractivity contribution is 0.0901. The largest absolute Gasteiger partial charge is 0.468 e. The minimum atomic E-state index is -0.633. The van der Waals surface area contributed by atoms with Gasteiger partial charge in [-0.1, -0.05) is 24.3 Å². The van der Waals surface area contributed by atoms with E-state index in [-0.39, 0.29) is 17.5 Å². The first kappa shape index (κ1) is 25.1. The van der Waals surface area contributed by atoms with Crippen molar-refractivity contribution in [3.8, 4) is 0 Å². The van der Waals surface area contributed by atoms with Crippen LogP contribution in [0.4, 0.5) is 4.39 Å². The summed E-state index contributed by atoms with van der Waals surface area (Å²) in [5, 5.41) is 13.6. The number of nitrogens with zero attached hydrogens (tertiary/aromatic N) is 5. The number of aryl methyl sites for hydroxylation is 1. The molecule has 10 heteroatoms. The molecule has 39 heavy (non-hydrogen) atoms. The van der Waals surface area contributed by atoms with Crippen LogP contribution in [-0.4, -0.2) is 42.8 Å². The molecule has 0 amide bonds. The molecule has 0 unspecified atom stereocenters. The van der Waals surface area contributed by atoms with Crippen LogP contribution in [0.3, 0.4) is 0 Å². The van der Waals surface area contributed by atoms with Gasteiger partial charge in [-0.15, -0.1) is 5.10 Å². The first-order valence-electron chi connectivity index (χ1n) is 13.1. The standard InChI is InChI=1S/C29H29FN6O3/c1-19-6-9-21-15-25(29(37)31-26(21)14-19)27(28-32-33-34-36(28)18-24-5-3-13-39-24)35(17-23-4-2-12-38-23)16-20-7-10-22(30)11-8-20/h2,4,6-12,14-15,24,27H,3,5,13,16-18H2,1H3,(H,31,37)/t24-,27-/m0/s1. The molecule has 1 aliphatic heterocycles. The van der Waals surface area contributed by atoms with Crippen LogP contribution in [-0.2, 0) is 24.4 Å². The van der Waals surface area contributed by atoms with Crippen LogP contribution in [0.15, 0.2) is 76.1 Å². The average molecular weight is 529 g/mol. The van der Waals surface area contributed by atoms with E-state index in [0.29, 0.717) is 43.4 Å². The molecule has 6 rings (SSSR count). The molecule has 0 saturated carbocycles. The fourth-order valence-corrected chi connectivity index (χ4v) is 5.22. The summed E-state index contributed by atoms with van der Waals surface area (Å²) >= 11 is 0. The minimum Gasteiger partial charge on any atom is -0.468 e. The van der Waals surface area contributed by atoms with Gasteiger partial charge in [0.25, 0.3) is 5.56 Å². The van der Waals surface area contributed by atoms with Gasteiger partial charge in [0, 0.05) is 24.2 Å². The van der Waals surface area contributed by atoms with Gasteiger partial charge in [0.2, 0.25) is 0 Å². The Hall–Kier alpha value is -4.15. The van der Waals surface area contributed by atoms with E-state index < -0.39 is 6.04 Å². The Labute approximate surface area is 224 Å². The van der Waals surface area contributed by atoms with Crippen LogP contribution in [0.2, 0.25) is 0 Å². The van der Waals surface area contributed by atoms with Gasteiger partial charge >= 0.3 is 0 Å². The number of hydrogen-bond donors (Lipinski definition) is 1. The maximum absolute atomic E-state index is 13.7. The number of benzene rings is 2. The van der Waals surface area contributed by atoms with Gasteiger partial charge in [0.1, 0.15) is 17.6 Å². The second-order valence-corrected chi connectivity index (χ2v) is 10.0. The maximum Gasteiger partial charge on any atom is 0.253 e. The summed E-state index contributed by atoms with van der Waals surface area (Å²) in [6.07, 6.45) is 3.53. The number of rotatable bonds is 9. The van der Waals surface area contributed by atoms with Crippen LogP contribution in [0.25, 0.3) is 10.9 Å². The number of nitrogens with one attached hydrogen (secondary N) is 1. The molecular weight excluding hydrogens is 499 g/mol. The Bertz CT molecular complexity index is 1610. The summed E-state index contributed by atoms with van der Waals surface area (Å²) in [7, 11) is 0. The highest BCUT2D eigenvalue weighted by molar-refractivity contribution is 5.79. The monoisotopic (exact) mass is 528 g/mol. The van der Waals surface area contributed by atoms with E-state index in [2.05, 4.69) is 25.4 Å². The Balaban J connectivity index is 1.49. The molecule has 1 aliphatic rings. The molecule has 2 aromatic carbocycles. The number of tetrazole rings is 1. The molecular formula is C29H29FN6O3. The molecule has 0 radical (unpaired) electrons. The second kappa shape index (κ2) is 10.9. The highest BCUT2D eigenvalue weighted by atomic mass is 19.1. The number of H-pyrrole nitrogens is 1. The van der Waals surface area contributed by atoms with Crippen molar-refractivity contribution in [3.63, 3.8) is 0 Å². The van der Waals surface area contributed by atoms with Gasteiger partial charge in [0.05, 0.1) is 25.5 Å². The molecule has 0 spiro atoms. The van der Waals surface area contributed by atoms with Crippen LogP contribution < -0.4 is 5.56 Å². The van der Waals surface area contributed by atoms with Crippen molar-refractivity contribution in [2.75, 3.05) is 6.61 Å². The van der Waals surface area contributed by atoms with E-state index in [9.17, 15) is 9.18 Å². The fraction of sp³-hybridized carbons (Fsp3) is 0.310. The van der Waals surface area contributed by atoms with E-state index in [0.717, 1.165) is 34.9 Å². The number of ether oxygens (including phenoxy) is 1. The number of hydrogen-bond acceptors (Lipinski definition) is 7. The van der Waals surface area contributed by atoms with Gasteiger partial charge in [-0.3, -0.25) is 9.69 Å². The normalized spacial score (nSPS) is 16.3. The van der Waals surface area contributed by atoms with Crippen molar-refractivity contribution in [2.24, 2.45) is 0 Å². The summed E-state index contributed by atoms with van der Waals surface area (Å²) < 4.78 is 27.0. The third-order valence-corrected chi connectivity index (χ3v) is 7.13. The number of aromatic amines is 1. The third-order valence-electron chi connectivity index (χ3n) is 7.13. The fourth-order valence-electron chi connectivity index (χ4n) is 5.22. The summed E-state index contributed by atoms with van der Waals surface area (Å²) in [5.74, 6) is 0.930. The Kier molecular flexibility index (Phi) is 7.04. The van der Waals surface area contributed by atoms with Gasteiger partial charge in [-0.2, -0.15) is 0 Å². The van der Waals surface area contributed by atoms with Crippen LogP contribution >= 0.6 is 0 Å². The lowest BCUT2D eigenvalue weighted by Crippen LogP contribution is -2.35. The lowest BCUT2D eigenvalue weighted by Gasteiger charge is -2.30. The van der Waals surface area contributed by atoms with E-state index in [1.165, 1.54) is 12.1 Å². The van der Waals surface area contributed by atoms with Crippen molar-refractivity contribution >= 4 is 10.9 Å². The van der Waals surface area contributed by atoms with Crippen LogP contribution in [0, 0.1) is 12.7 Å². The van der Waals surface area contributed by atoms with Gasteiger partial charge in [-0.25, -0.2) is 9.07 Å². The molecule has 3 aromatic heterocycles. The summed E-state index contributed by atoms with van der Waals surface area (Å²) in [4.78, 5) is 18.8. The number of furan rings is 1. The SMILES string of the molecule is Cc1ccc2cc([C@@H](c3nnnn3C[C@@H]3CCCO3)N(Cc3ccc(F)cc3)Cc3ccco3)c(=O)[nH]c2c1. The van der Waals surface area contributed by atoms with E-state index in [1.807, 2.05) is 43.3 Å². The lowest BCUT2D eigenvalue weighted by atomic mass is 10.0. The van der Waals surface area contributed by atoms with Crippen molar-refractivity contribution in [3.05, 3.63) is 111 Å². The molecule has 200 valence electrons. The second-order valence-electron chi connectivity index (χ2n) is 10.0. The molecule has 9 nitrogen and oxygen atoms in total. The van der Waals surface area contributed by atoms with Crippen molar-refractivity contribution in [1.29, 1.82) is 0 Å². The summed E-state index contributed by atoms with van der Waals surface area (Å²) in [6, 6.07) is 17.3. The number of pyridine rings is 1. The van der Waals surface area contributed by atoms with Gasteiger partial charge in [-0.05, 0) is 83.1 Å². The van der Waals surface area contributed by atoms with Gasteiger partial charge in [0.15, 0.2) is 5.82 Å². The molecule has 5 aromatic rings. The third kappa shape index (κ3) is 5.52. The highest BCUT2D eigenvalue weighted by Crippen LogP contribution is 2.31. The topological polar surface area (TPSA) is 102 Å². The van der Waals surface area contributed by atoms with Gasteiger partial charge < -0.3 is 14.1 Å². The Morgan fingerprint density at radius 3 is 2.79 bits per heavy atom. The zero-order valence-electron chi connectivity index (χ0n) is 21.6. The summed E-state index contributed by atoms with van der Waals surface area (Å²) in [6.45, 7) is 3.94.